The number of hydrogen-bond donors (Lipinski definition) is 2. The minimum atomic E-state index is -3.56. The van der Waals surface area contributed by atoms with Crippen molar-refractivity contribution in [1.82, 2.24) is 0 Å². The van der Waals surface area contributed by atoms with Crippen LogP contribution in [0.3, 0.4) is 0 Å². The molecule has 0 bridgehead atoms. The number of phenols is 2. The van der Waals surface area contributed by atoms with E-state index in [0.29, 0.717) is 38.9 Å². The van der Waals surface area contributed by atoms with Gasteiger partial charge in [-0.3, -0.25) is 18.3 Å². The van der Waals surface area contributed by atoms with Gasteiger partial charge in [0.2, 0.25) is 0 Å². The molecular weight excluding hydrogens is 993 g/mol. The van der Waals surface area contributed by atoms with Gasteiger partial charge in [0.1, 0.15) is 34.5 Å². The molecule has 0 aliphatic carbocycles. The Bertz CT molecular complexity index is 3670. The summed E-state index contributed by atoms with van der Waals surface area (Å²) in [4.78, 5) is 0. The zero-order valence-electron chi connectivity index (χ0n) is 38.1. The maximum Gasteiger partial charge on any atom is 0.311 e. The van der Waals surface area contributed by atoms with Crippen LogP contribution in [0.2, 0.25) is 0 Å². The molecule has 73 heavy (non-hydrogen) atoms. The Kier molecular flexibility index (Phi) is 13.8. The van der Waals surface area contributed by atoms with E-state index in [-0.39, 0.29) is 44.0 Å². The monoisotopic (exact) mass is 1040 g/mol. The number of hydrogen-bond acceptors (Lipinski definition) is 10. The summed E-state index contributed by atoms with van der Waals surface area (Å²) < 4.78 is 78.1. The van der Waals surface area contributed by atoms with Crippen molar-refractivity contribution in [1.29, 1.82) is 0 Å². The standard InChI is InChI=1S/C26H20O4P2.C18H13O4P.C13H11O2P.2CH4/c27-31(25-15-7-3-11-21(25)19-9-1-5-13-23(19)29-31)17-18-32(28)26-16-8-4-12-22(26)20-10-2-6-14-24(20)30-32;19-12-9-10-15(20)18(11-12)23(21)17-8-4-2-6-14(17)13-5-1-3-7-16(13)22-23;1-16(14)13-9-5-3-7-11(13)10-6-2-4-8-12(10)15-16;;/h1-16H,17-18H2;1-11,19-20H;2-9H,1H3;2*1H4. The van der Waals surface area contributed by atoms with Crippen LogP contribution in [0.15, 0.2) is 212 Å². The minimum absolute atomic E-state index is 0. The lowest BCUT2D eigenvalue weighted by atomic mass is 10.0. The second kappa shape index (κ2) is 20.0. The Morgan fingerprint density at radius 2 is 0.658 bits per heavy atom. The summed E-state index contributed by atoms with van der Waals surface area (Å²) in [6, 6.07) is 64.5. The Morgan fingerprint density at radius 1 is 0.342 bits per heavy atom. The molecule has 0 radical (unpaired) electrons. The molecule has 4 aliphatic rings. The highest BCUT2D eigenvalue weighted by atomic mass is 31.2. The van der Waals surface area contributed by atoms with Gasteiger partial charge in [-0.05, 0) is 89.0 Å². The molecule has 9 aromatic rings. The second-order valence-corrected chi connectivity index (χ2v) is 26.8. The zero-order chi connectivity index (χ0) is 49.0. The largest absolute Gasteiger partial charge is 0.508 e. The molecule has 0 saturated heterocycles. The molecule has 13 rings (SSSR count). The topological polar surface area (TPSA) is 146 Å². The molecule has 4 aliphatic heterocycles. The van der Waals surface area contributed by atoms with E-state index >= 15 is 0 Å². The van der Waals surface area contributed by atoms with Crippen LogP contribution in [0, 0.1) is 0 Å². The van der Waals surface area contributed by atoms with E-state index < -0.39 is 29.5 Å². The molecule has 0 amide bonds. The normalized spacial score (nSPS) is 20.5. The lowest BCUT2D eigenvalue weighted by Gasteiger charge is -2.32. The quantitative estimate of drug-likeness (QED) is 0.129. The van der Waals surface area contributed by atoms with Crippen LogP contribution in [0.4, 0.5) is 0 Å². The van der Waals surface area contributed by atoms with E-state index in [9.17, 15) is 28.5 Å². The van der Waals surface area contributed by atoms with E-state index in [1.165, 1.54) is 18.2 Å². The van der Waals surface area contributed by atoms with E-state index in [4.69, 9.17) is 18.1 Å². The molecule has 0 spiro atoms. The van der Waals surface area contributed by atoms with Gasteiger partial charge in [-0.15, -0.1) is 0 Å². The zero-order valence-corrected chi connectivity index (χ0v) is 41.6. The summed E-state index contributed by atoms with van der Waals surface area (Å²) in [5.41, 5.74) is 7.37. The van der Waals surface area contributed by atoms with Crippen LogP contribution >= 0.6 is 29.5 Å². The molecule has 4 unspecified atom stereocenters. The summed E-state index contributed by atoms with van der Waals surface area (Å²) in [6.45, 7) is 1.67. The first kappa shape index (κ1) is 50.6. The number of para-hydroxylation sites is 4. The van der Waals surface area contributed by atoms with Gasteiger partial charge in [0.05, 0.1) is 26.5 Å². The van der Waals surface area contributed by atoms with Crippen LogP contribution < -0.4 is 44.6 Å². The Labute approximate surface area is 425 Å². The number of aromatic hydroxyl groups is 2. The van der Waals surface area contributed by atoms with Crippen molar-refractivity contribution >= 4 is 56.0 Å². The molecule has 9 aromatic carbocycles. The van der Waals surface area contributed by atoms with Gasteiger partial charge in [-0.25, -0.2) is 0 Å². The van der Waals surface area contributed by atoms with Gasteiger partial charge in [0, 0.05) is 41.2 Å². The smallest absolute Gasteiger partial charge is 0.311 e. The molecule has 10 nitrogen and oxygen atoms in total. The Morgan fingerprint density at radius 3 is 1.10 bits per heavy atom. The third-order valence-electron chi connectivity index (χ3n) is 12.8. The van der Waals surface area contributed by atoms with Crippen LogP contribution in [-0.4, -0.2) is 29.2 Å². The highest BCUT2D eigenvalue weighted by Crippen LogP contribution is 2.61. The van der Waals surface area contributed by atoms with Crippen LogP contribution in [0.1, 0.15) is 14.9 Å². The number of rotatable bonds is 4. The molecule has 0 fully saturated rings. The number of benzene rings is 9. The first-order valence-electron chi connectivity index (χ1n) is 22.8. The predicted molar refractivity (Wildman–Crippen MR) is 298 cm³/mol. The molecule has 14 heteroatoms. The maximum atomic E-state index is 14.2. The van der Waals surface area contributed by atoms with Crippen molar-refractivity contribution in [3.8, 4) is 79.0 Å². The molecular formula is C59H52O10P4. The number of phenolic OH excluding ortho intramolecular Hbond substituents is 2. The second-order valence-electron chi connectivity index (χ2n) is 17.3. The summed E-state index contributed by atoms with van der Waals surface area (Å²) in [5, 5.41) is 22.7. The summed E-state index contributed by atoms with van der Waals surface area (Å²) in [6.07, 6.45) is 0.262. The van der Waals surface area contributed by atoms with Gasteiger partial charge >= 0.3 is 7.37 Å². The summed E-state index contributed by atoms with van der Waals surface area (Å²) in [5.74, 6) is 2.17. The Balaban J connectivity index is 0.000000141. The van der Waals surface area contributed by atoms with Crippen molar-refractivity contribution in [2.45, 2.75) is 14.9 Å². The fraction of sp³-hybridized carbons (Fsp3) is 0.0847. The maximum absolute atomic E-state index is 14.2. The molecule has 0 saturated carbocycles. The van der Waals surface area contributed by atoms with E-state index in [2.05, 4.69) is 0 Å². The first-order valence-corrected chi connectivity index (χ1v) is 30.1. The lowest BCUT2D eigenvalue weighted by molar-refractivity contribution is 0.459. The lowest BCUT2D eigenvalue weighted by Crippen LogP contribution is -2.25. The van der Waals surface area contributed by atoms with Gasteiger partial charge in [0.25, 0.3) is 22.1 Å². The highest BCUT2D eigenvalue weighted by molar-refractivity contribution is 7.75. The molecule has 0 aromatic heterocycles. The average molecular weight is 1040 g/mol. The van der Waals surface area contributed by atoms with Gasteiger partial charge in [-0.2, -0.15) is 0 Å². The molecule has 2 N–H and O–H groups in total. The van der Waals surface area contributed by atoms with Gasteiger partial charge < -0.3 is 28.3 Å². The summed E-state index contributed by atoms with van der Waals surface area (Å²) >= 11 is 0. The third kappa shape index (κ3) is 9.15. The van der Waals surface area contributed by atoms with E-state index in [1.54, 1.807) is 30.9 Å². The molecule has 4 heterocycles. The van der Waals surface area contributed by atoms with Crippen LogP contribution in [0.5, 0.6) is 34.5 Å². The van der Waals surface area contributed by atoms with Crippen LogP contribution in [-0.2, 0) is 18.3 Å². The average Bonchev–Trinajstić information content (AvgIpc) is 3.39. The molecule has 368 valence electrons. The van der Waals surface area contributed by atoms with Gasteiger partial charge in [-0.1, -0.05) is 160 Å². The fourth-order valence-electron chi connectivity index (χ4n) is 9.45. The molecule has 4 atom stereocenters. The highest BCUT2D eigenvalue weighted by Gasteiger charge is 2.43. The van der Waals surface area contributed by atoms with Crippen molar-refractivity contribution in [3.05, 3.63) is 212 Å². The SMILES string of the molecule is C.C.CP1(=O)Oc2ccccc2-c2ccccc21.O=P1(CCP2(=O)Oc3ccccc3-c3ccccc32)Oc2ccccc2-c2ccccc21.O=P1(c2cc(O)ccc2O)Oc2ccccc2-c2ccccc21. The van der Waals surface area contributed by atoms with Crippen molar-refractivity contribution < 1.29 is 46.6 Å². The van der Waals surface area contributed by atoms with Crippen molar-refractivity contribution in [2.24, 2.45) is 0 Å². The fourth-order valence-corrected chi connectivity index (χ4v) is 19.1. The van der Waals surface area contributed by atoms with Crippen molar-refractivity contribution in [3.63, 3.8) is 0 Å². The van der Waals surface area contributed by atoms with Gasteiger partial charge in [0.15, 0.2) is 0 Å². The predicted octanol–water partition coefficient (Wildman–Crippen LogP) is 14.2. The van der Waals surface area contributed by atoms with E-state index in [1.807, 2.05) is 170 Å². The Hall–Kier alpha value is -7.30. The van der Waals surface area contributed by atoms with Crippen LogP contribution in [0.25, 0.3) is 44.5 Å². The van der Waals surface area contributed by atoms with Crippen molar-refractivity contribution in [2.75, 3.05) is 19.0 Å². The minimum Gasteiger partial charge on any atom is -0.508 e. The number of fused-ring (bicyclic) bond motifs is 12. The van der Waals surface area contributed by atoms with E-state index in [0.717, 1.165) is 49.8 Å². The third-order valence-corrected chi connectivity index (χ3v) is 22.3. The summed E-state index contributed by atoms with van der Waals surface area (Å²) in [7, 11) is -12.9. The first-order chi connectivity index (χ1) is 34.4.